The predicted molar refractivity (Wildman–Crippen MR) is 44.0 cm³/mol. The van der Waals surface area contributed by atoms with Gasteiger partial charge in [-0.05, 0) is 11.3 Å². The van der Waals surface area contributed by atoms with Gasteiger partial charge in [-0.2, -0.15) is 0 Å². The van der Waals surface area contributed by atoms with Gasteiger partial charge in [0, 0.05) is 0 Å². The summed E-state index contributed by atoms with van der Waals surface area (Å²) < 4.78 is 0. The highest BCUT2D eigenvalue weighted by atomic mass is 28.2. The average molecular weight is 150 g/mol. The molecule has 0 fully saturated rings. The van der Waals surface area contributed by atoms with Gasteiger partial charge in [-0.1, -0.05) is 31.2 Å². The van der Waals surface area contributed by atoms with Crippen molar-refractivity contribution in [3.05, 3.63) is 24.3 Å². The summed E-state index contributed by atoms with van der Waals surface area (Å²) in [5.74, 6) is 0.433. The van der Waals surface area contributed by atoms with Crippen LogP contribution in [-0.4, -0.2) is 14.6 Å². The van der Waals surface area contributed by atoms with Crippen molar-refractivity contribution in [2.24, 2.45) is 0 Å². The number of phenols is 1. The van der Waals surface area contributed by atoms with Crippen molar-refractivity contribution in [2.75, 3.05) is 0 Å². The van der Waals surface area contributed by atoms with Gasteiger partial charge in [-0.15, -0.1) is 0 Å². The smallest absolute Gasteiger partial charge is 0.114 e. The quantitative estimate of drug-likeness (QED) is 0.627. The lowest BCUT2D eigenvalue weighted by Crippen LogP contribution is -2.12. The van der Waals surface area contributed by atoms with Gasteiger partial charge >= 0.3 is 0 Å². The van der Waals surface area contributed by atoms with Crippen LogP contribution in [0.4, 0.5) is 0 Å². The number of aromatic hydroxyl groups is 1. The monoisotopic (exact) mass is 150 g/mol. The number of hydrogen-bond acceptors (Lipinski definition) is 1. The summed E-state index contributed by atoms with van der Waals surface area (Å²) in [5, 5.41) is 10.3. The number of phenolic OH excluding ortho intramolecular Hbond substituents is 1. The SMILES string of the molecule is CC[Si]c1ccccc1O. The topological polar surface area (TPSA) is 20.2 Å². The summed E-state index contributed by atoms with van der Waals surface area (Å²) in [6.07, 6.45) is 0. The molecular formula is C8H10OSi. The zero-order chi connectivity index (χ0) is 7.40. The largest absolute Gasteiger partial charge is 0.508 e. The molecule has 1 rings (SSSR count). The molecule has 0 saturated heterocycles. The van der Waals surface area contributed by atoms with E-state index in [4.69, 9.17) is 0 Å². The van der Waals surface area contributed by atoms with Gasteiger partial charge < -0.3 is 5.11 Å². The summed E-state index contributed by atoms with van der Waals surface area (Å²) in [6, 6.07) is 8.61. The molecular weight excluding hydrogens is 140 g/mol. The summed E-state index contributed by atoms with van der Waals surface area (Å²) in [4.78, 5) is 0. The molecule has 0 saturated carbocycles. The fraction of sp³-hybridized carbons (Fsp3) is 0.250. The highest BCUT2D eigenvalue weighted by Gasteiger charge is 1.96. The van der Waals surface area contributed by atoms with E-state index in [0.29, 0.717) is 5.75 Å². The molecule has 0 heterocycles. The fourth-order valence-electron chi connectivity index (χ4n) is 0.814. The zero-order valence-electron chi connectivity index (χ0n) is 5.96. The van der Waals surface area contributed by atoms with Crippen LogP contribution in [0.1, 0.15) is 6.92 Å². The van der Waals surface area contributed by atoms with E-state index in [1.54, 1.807) is 6.07 Å². The molecule has 0 bridgehead atoms. The van der Waals surface area contributed by atoms with Gasteiger partial charge in [0.2, 0.25) is 0 Å². The van der Waals surface area contributed by atoms with Crippen molar-refractivity contribution in [3.63, 3.8) is 0 Å². The van der Waals surface area contributed by atoms with E-state index in [1.165, 1.54) is 0 Å². The van der Waals surface area contributed by atoms with E-state index >= 15 is 0 Å². The molecule has 1 aromatic rings. The zero-order valence-corrected chi connectivity index (χ0v) is 6.96. The summed E-state index contributed by atoms with van der Waals surface area (Å²) in [6.45, 7) is 2.12. The van der Waals surface area contributed by atoms with Crippen LogP contribution < -0.4 is 5.19 Å². The van der Waals surface area contributed by atoms with Crippen LogP contribution in [0.2, 0.25) is 6.04 Å². The Morgan fingerprint density at radius 1 is 1.40 bits per heavy atom. The van der Waals surface area contributed by atoms with Gasteiger partial charge in [0.1, 0.15) is 5.75 Å². The van der Waals surface area contributed by atoms with E-state index in [-0.39, 0.29) is 0 Å². The van der Waals surface area contributed by atoms with Gasteiger partial charge in [0.15, 0.2) is 0 Å². The van der Waals surface area contributed by atoms with Crippen LogP contribution >= 0.6 is 0 Å². The van der Waals surface area contributed by atoms with Crippen LogP contribution in [0.5, 0.6) is 5.75 Å². The molecule has 0 aliphatic rings. The molecule has 0 aromatic heterocycles. The molecule has 2 heteroatoms. The van der Waals surface area contributed by atoms with Crippen molar-refractivity contribution in [2.45, 2.75) is 13.0 Å². The highest BCUT2D eigenvalue weighted by molar-refractivity contribution is 6.54. The maximum Gasteiger partial charge on any atom is 0.114 e. The number of rotatable bonds is 2. The third kappa shape index (κ3) is 1.61. The Morgan fingerprint density at radius 2 is 2.10 bits per heavy atom. The van der Waals surface area contributed by atoms with E-state index in [1.807, 2.05) is 18.2 Å². The Bertz CT molecular complexity index is 210. The maximum atomic E-state index is 9.25. The van der Waals surface area contributed by atoms with Gasteiger partial charge in [-0.3, -0.25) is 0 Å². The molecule has 0 spiro atoms. The Morgan fingerprint density at radius 3 is 2.70 bits per heavy atom. The standard InChI is InChI=1S/C8H10OSi/c1-2-10-8-6-4-3-5-7(8)9/h3-6,9H,2H2,1H3. The minimum Gasteiger partial charge on any atom is -0.508 e. The third-order valence-electron chi connectivity index (χ3n) is 1.27. The summed E-state index contributed by atoms with van der Waals surface area (Å²) in [5.41, 5.74) is 0. The van der Waals surface area contributed by atoms with E-state index in [0.717, 1.165) is 20.8 Å². The number of para-hydroxylation sites is 1. The number of hydrogen-bond donors (Lipinski definition) is 1. The molecule has 52 valence electrons. The Labute approximate surface area is 63.5 Å². The van der Waals surface area contributed by atoms with E-state index < -0.39 is 0 Å². The molecule has 0 unspecified atom stereocenters. The first-order valence-corrected chi connectivity index (χ1v) is 4.57. The molecule has 1 nitrogen and oxygen atoms in total. The molecule has 0 aliphatic heterocycles. The maximum absolute atomic E-state index is 9.25. The second-order valence-corrected chi connectivity index (χ2v) is 3.65. The Kier molecular flexibility index (Phi) is 2.51. The normalized spacial score (nSPS) is 9.70. The summed E-state index contributed by atoms with van der Waals surface area (Å²) in [7, 11) is 0.736. The van der Waals surface area contributed by atoms with Crippen LogP contribution in [-0.2, 0) is 0 Å². The van der Waals surface area contributed by atoms with Gasteiger partial charge in [0.05, 0.1) is 9.52 Å². The van der Waals surface area contributed by atoms with Crippen LogP contribution in [0.15, 0.2) is 24.3 Å². The first-order valence-electron chi connectivity index (χ1n) is 3.36. The first-order chi connectivity index (χ1) is 4.84. The van der Waals surface area contributed by atoms with Crippen LogP contribution in [0, 0.1) is 0 Å². The van der Waals surface area contributed by atoms with Gasteiger partial charge in [-0.25, -0.2) is 0 Å². The molecule has 2 radical (unpaired) electrons. The third-order valence-corrected chi connectivity index (χ3v) is 2.43. The van der Waals surface area contributed by atoms with Crippen molar-refractivity contribution in [1.82, 2.24) is 0 Å². The number of benzene rings is 1. The Balaban J connectivity index is 2.81. The first kappa shape index (κ1) is 7.35. The molecule has 0 aliphatic carbocycles. The van der Waals surface area contributed by atoms with Crippen molar-refractivity contribution >= 4 is 14.7 Å². The van der Waals surface area contributed by atoms with Crippen molar-refractivity contribution in [1.29, 1.82) is 0 Å². The lowest BCUT2D eigenvalue weighted by Gasteiger charge is -1.98. The van der Waals surface area contributed by atoms with Crippen LogP contribution in [0.25, 0.3) is 0 Å². The van der Waals surface area contributed by atoms with Gasteiger partial charge in [0.25, 0.3) is 0 Å². The predicted octanol–water partition coefficient (Wildman–Crippen LogP) is 1.16. The molecule has 0 amide bonds. The molecule has 1 aromatic carbocycles. The molecule has 10 heavy (non-hydrogen) atoms. The minimum absolute atomic E-state index is 0.433. The molecule has 1 N–H and O–H groups in total. The Hall–Kier alpha value is -0.763. The summed E-state index contributed by atoms with van der Waals surface area (Å²) >= 11 is 0. The molecule has 0 atom stereocenters. The van der Waals surface area contributed by atoms with E-state index in [9.17, 15) is 5.11 Å². The lowest BCUT2D eigenvalue weighted by molar-refractivity contribution is 0.479. The second-order valence-electron chi connectivity index (χ2n) is 2.05. The van der Waals surface area contributed by atoms with Crippen molar-refractivity contribution in [3.8, 4) is 5.75 Å². The highest BCUT2D eigenvalue weighted by Crippen LogP contribution is 2.01. The lowest BCUT2D eigenvalue weighted by atomic mass is 10.3. The fourth-order valence-corrected chi connectivity index (χ4v) is 1.67. The minimum atomic E-state index is 0.433. The average Bonchev–Trinajstić information content (AvgIpc) is 1.94. The van der Waals surface area contributed by atoms with Crippen LogP contribution in [0.3, 0.4) is 0 Å². The second kappa shape index (κ2) is 3.42. The van der Waals surface area contributed by atoms with Crippen molar-refractivity contribution < 1.29 is 5.11 Å². The van der Waals surface area contributed by atoms with E-state index in [2.05, 4.69) is 6.92 Å².